The molecule has 2 N–H and O–H groups in total. The Bertz CT molecular complexity index is 1090. The van der Waals surface area contributed by atoms with Gasteiger partial charge in [-0.15, -0.1) is 10.2 Å². The number of nitrogens with zero attached hydrogens (tertiary/aromatic N) is 6. The molecule has 26 heavy (non-hydrogen) atoms. The van der Waals surface area contributed by atoms with E-state index >= 15 is 0 Å². The Labute approximate surface area is 152 Å². The van der Waals surface area contributed by atoms with Crippen LogP contribution < -0.4 is 10.6 Å². The molecule has 0 saturated heterocycles. The summed E-state index contributed by atoms with van der Waals surface area (Å²) in [5.74, 6) is 0.451. The second-order valence-corrected chi connectivity index (χ2v) is 6.88. The summed E-state index contributed by atoms with van der Waals surface area (Å²) in [5, 5.41) is 20.3. The van der Waals surface area contributed by atoms with Crippen molar-refractivity contribution in [2.24, 2.45) is 0 Å². The molecule has 0 aliphatic rings. The molecule has 0 aliphatic heterocycles. The minimum Gasteiger partial charge on any atom is -0.382 e. The first-order valence-electron chi connectivity index (χ1n) is 7.98. The van der Waals surface area contributed by atoms with Gasteiger partial charge in [-0.25, -0.2) is 9.50 Å². The summed E-state index contributed by atoms with van der Waals surface area (Å²) in [6, 6.07) is 7.93. The zero-order valence-electron chi connectivity index (χ0n) is 14.1. The van der Waals surface area contributed by atoms with Crippen molar-refractivity contribution in [3.05, 3.63) is 36.7 Å². The van der Waals surface area contributed by atoms with Crippen LogP contribution in [0.4, 0.5) is 11.5 Å². The molecule has 0 atom stereocenters. The molecule has 132 valence electrons. The van der Waals surface area contributed by atoms with E-state index < -0.39 is 0 Å². The smallest absolute Gasteiger partial charge is 0.212 e. The van der Waals surface area contributed by atoms with Crippen molar-refractivity contribution in [1.82, 2.24) is 29.2 Å². The molecule has 4 heterocycles. The van der Waals surface area contributed by atoms with Gasteiger partial charge in [0.25, 0.3) is 0 Å². The Morgan fingerprint density at radius 2 is 1.96 bits per heavy atom. The highest BCUT2D eigenvalue weighted by atomic mass is 32.2. The highest BCUT2D eigenvalue weighted by Gasteiger charge is 2.11. The third kappa shape index (κ3) is 3.18. The molecule has 0 aliphatic carbocycles. The number of anilines is 2. The molecule has 1 amide bonds. The molecule has 4 rings (SSSR count). The van der Waals surface area contributed by atoms with Crippen LogP contribution in [-0.2, 0) is 4.79 Å². The summed E-state index contributed by atoms with van der Waals surface area (Å²) in [6.07, 6.45) is 4.21. The molecule has 0 spiro atoms. The number of aromatic nitrogens is 6. The van der Waals surface area contributed by atoms with Gasteiger partial charge in [-0.2, -0.15) is 5.10 Å². The summed E-state index contributed by atoms with van der Waals surface area (Å²) in [6.45, 7) is 4.17. The molecular formula is C16H16N8OS. The molecule has 0 unspecified atom stereocenters. The van der Waals surface area contributed by atoms with Gasteiger partial charge in [0, 0.05) is 12.2 Å². The van der Waals surface area contributed by atoms with Crippen molar-refractivity contribution < 1.29 is 4.79 Å². The SMILES string of the molecule is CC(C)Nc1ccc2nnc(Sc3ccc4nc(NC=O)cn4n3)n2c1. The van der Waals surface area contributed by atoms with E-state index in [9.17, 15) is 4.79 Å². The van der Waals surface area contributed by atoms with Crippen molar-refractivity contribution in [2.75, 3.05) is 10.6 Å². The normalized spacial score (nSPS) is 11.3. The van der Waals surface area contributed by atoms with E-state index in [-0.39, 0.29) is 0 Å². The largest absolute Gasteiger partial charge is 0.382 e. The van der Waals surface area contributed by atoms with Crippen molar-refractivity contribution >= 4 is 41.0 Å². The van der Waals surface area contributed by atoms with Crippen molar-refractivity contribution in [2.45, 2.75) is 30.1 Å². The lowest BCUT2D eigenvalue weighted by Crippen LogP contribution is -2.10. The van der Waals surface area contributed by atoms with Gasteiger partial charge in [0.05, 0.1) is 11.9 Å². The summed E-state index contributed by atoms with van der Waals surface area (Å²) in [7, 11) is 0. The van der Waals surface area contributed by atoms with Crippen LogP contribution in [0.15, 0.2) is 46.8 Å². The lowest BCUT2D eigenvalue weighted by molar-refractivity contribution is -0.105. The maximum Gasteiger partial charge on any atom is 0.212 e. The number of fused-ring (bicyclic) bond motifs is 2. The minimum atomic E-state index is 0.333. The number of carbonyl (C=O) groups excluding carboxylic acids is 1. The Morgan fingerprint density at radius 1 is 1.12 bits per heavy atom. The highest BCUT2D eigenvalue weighted by molar-refractivity contribution is 7.99. The van der Waals surface area contributed by atoms with Gasteiger partial charge in [0.1, 0.15) is 5.03 Å². The fraction of sp³-hybridized carbons (Fsp3) is 0.188. The predicted octanol–water partition coefficient (Wildman–Crippen LogP) is 2.31. The highest BCUT2D eigenvalue weighted by Crippen LogP contribution is 2.26. The van der Waals surface area contributed by atoms with Gasteiger partial charge in [0.15, 0.2) is 17.1 Å². The topological polar surface area (TPSA) is 102 Å². The molecule has 10 heteroatoms. The average molecular weight is 368 g/mol. The molecular weight excluding hydrogens is 352 g/mol. The summed E-state index contributed by atoms with van der Waals surface area (Å²) in [4.78, 5) is 14.8. The Morgan fingerprint density at radius 3 is 2.77 bits per heavy atom. The molecule has 9 nitrogen and oxygen atoms in total. The fourth-order valence-corrected chi connectivity index (χ4v) is 3.28. The standard InChI is InChI=1S/C16H16N8OS/c1-10(2)18-11-3-4-14-20-21-16(23(14)7-11)26-15-6-5-13-19-12(17-9-25)8-24(13)22-15/h3-10,18H,1-2H3,(H,17,25). The molecule has 0 fully saturated rings. The molecule has 4 aromatic rings. The molecule has 0 saturated carbocycles. The molecule has 0 radical (unpaired) electrons. The zero-order valence-corrected chi connectivity index (χ0v) is 14.9. The maximum absolute atomic E-state index is 10.5. The Kier molecular flexibility index (Phi) is 4.17. The monoisotopic (exact) mass is 368 g/mol. The van der Waals surface area contributed by atoms with Gasteiger partial charge in [0.2, 0.25) is 11.6 Å². The second-order valence-electron chi connectivity index (χ2n) is 5.89. The van der Waals surface area contributed by atoms with Crippen LogP contribution in [0, 0.1) is 0 Å². The lowest BCUT2D eigenvalue weighted by Gasteiger charge is -2.10. The van der Waals surface area contributed by atoms with Crippen LogP contribution in [-0.4, -0.2) is 41.6 Å². The van der Waals surface area contributed by atoms with Crippen molar-refractivity contribution in [3.63, 3.8) is 0 Å². The molecule has 4 aromatic heterocycles. The van der Waals surface area contributed by atoms with E-state index in [1.54, 1.807) is 10.7 Å². The van der Waals surface area contributed by atoms with Crippen LogP contribution in [0.3, 0.4) is 0 Å². The Balaban J connectivity index is 1.65. The Hall–Kier alpha value is -3.14. The summed E-state index contributed by atoms with van der Waals surface area (Å²) >= 11 is 1.40. The quantitative estimate of drug-likeness (QED) is 0.504. The molecule has 0 bridgehead atoms. The van der Waals surface area contributed by atoms with Crippen LogP contribution in [0.25, 0.3) is 11.3 Å². The second kappa shape index (κ2) is 6.64. The average Bonchev–Trinajstić information content (AvgIpc) is 3.18. The van der Waals surface area contributed by atoms with Crippen LogP contribution in [0.5, 0.6) is 0 Å². The van der Waals surface area contributed by atoms with Crippen LogP contribution >= 0.6 is 11.8 Å². The number of hydrogen-bond donors (Lipinski definition) is 2. The van der Waals surface area contributed by atoms with E-state index in [0.29, 0.717) is 29.1 Å². The third-order valence-corrected chi connectivity index (χ3v) is 4.41. The van der Waals surface area contributed by atoms with Gasteiger partial charge in [-0.05, 0) is 49.9 Å². The number of carbonyl (C=O) groups is 1. The van der Waals surface area contributed by atoms with Gasteiger partial charge < -0.3 is 10.6 Å². The number of rotatable bonds is 6. The van der Waals surface area contributed by atoms with Crippen LogP contribution in [0.1, 0.15) is 13.8 Å². The van der Waals surface area contributed by atoms with Gasteiger partial charge in [-0.1, -0.05) is 0 Å². The fourth-order valence-electron chi connectivity index (χ4n) is 2.50. The van der Waals surface area contributed by atoms with E-state index in [2.05, 4.69) is 44.8 Å². The first kappa shape index (κ1) is 16.3. The van der Waals surface area contributed by atoms with Crippen molar-refractivity contribution in [3.8, 4) is 0 Å². The van der Waals surface area contributed by atoms with E-state index in [1.807, 2.05) is 34.9 Å². The summed E-state index contributed by atoms with van der Waals surface area (Å²) in [5.41, 5.74) is 2.41. The van der Waals surface area contributed by atoms with Gasteiger partial charge in [-0.3, -0.25) is 9.20 Å². The number of amides is 1. The van der Waals surface area contributed by atoms with Crippen LogP contribution in [0.2, 0.25) is 0 Å². The molecule has 0 aromatic carbocycles. The first-order valence-corrected chi connectivity index (χ1v) is 8.80. The lowest BCUT2D eigenvalue weighted by atomic mass is 10.3. The first-order chi connectivity index (χ1) is 12.6. The minimum absolute atomic E-state index is 0.333. The number of imidazole rings is 1. The number of hydrogen-bond acceptors (Lipinski definition) is 7. The third-order valence-electron chi connectivity index (χ3n) is 3.52. The predicted molar refractivity (Wildman–Crippen MR) is 98.5 cm³/mol. The number of nitrogens with one attached hydrogen (secondary N) is 2. The van der Waals surface area contributed by atoms with E-state index in [4.69, 9.17) is 0 Å². The van der Waals surface area contributed by atoms with E-state index in [1.165, 1.54) is 11.8 Å². The van der Waals surface area contributed by atoms with E-state index in [0.717, 1.165) is 16.4 Å². The zero-order chi connectivity index (χ0) is 18.1. The number of pyridine rings is 1. The summed E-state index contributed by atoms with van der Waals surface area (Å²) < 4.78 is 3.54. The maximum atomic E-state index is 10.5. The van der Waals surface area contributed by atoms with Crippen molar-refractivity contribution in [1.29, 1.82) is 0 Å². The van der Waals surface area contributed by atoms with Gasteiger partial charge >= 0.3 is 0 Å².